The Morgan fingerprint density at radius 3 is 0.507 bits per heavy atom. The van der Waals surface area contributed by atoms with Crippen molar-refractivity contribution in [3.05, 3.63) is 433 Å². The van der Waals surface area contributed by atoms with Gasteiger partial charge in [0.05, 0.1) is 0 Å². The molecule has 0 aromatic heterocycles. The smallest absolute Gasteiger partial charge is 0.122 e. The van der Waals surface area contributed by atoms with Gasteiger partial charge < -0.3 is 76.6 Å². The molecule has 0 fully saturated rings. The third-order valence-electron chi connectivity index (χ3n) is 27.2. The quantitative estimate of drug-likeness (QED) is 0.0425. The first-order chi connectivity index (χ1) is 64.7. The van der Waals surface area contributed by atoms with E-state index < -0.39 is 0 Å². The molecule has 15 heteroatoms. The third kappa shape index (κ3) is 22.5. The number of hydrogen-bond donors (Lipinski definition) is 15. The van der Waals surface area contributed by atoms with Gasteiger partial charge in [0.15, 0.2) is 0 Å². The Hall–Kier alpha value is -14.7. The predicted octanol–water partition coefficient (Wildman–Crippen LogP) is 28.6. The summed E-state index contributed by atoms with van der Waals surface area (Å²) < 4.78 is 0. The second kappa shape index (κ2) is 42.3. The maximum atomic E-state index is 10.9. The van der Waals surface area contributed by atoms with Crippen molar-refractivity contribution in [1.29, 1.82) is 0 Å². The Bertz CT molecular complexity index is 6800. The van der Waals surface area contributed by atoms with E-state index in [0.29, 0.717) is 28.7 Å². The molecular formula is C123H136O15. The second-order valence-corrected chi connectivity index (χ2v) is 38.8. The van der Waals surface area contributed by atoms with Gasteiger partial charge >= 0.3 is 0 Å². The Kier molecular flexibility index (Phi) is 31.8. The highest BCUT2D eigenvalue weighted by molar-refractivity contribution is 5.65. The van der Waals surface area contributed by atoms with E-state index >= 15 is 0 Å². The van der Waals surface area contributed by atoms with Crippen LogP contribution >= 0.6 is 0 Å². The zero-order valence-corrected chi connectivity index (χ0v) is 85.1. The van der Waals surface area contributed by atoms with E-state index in [-0.39, 0.29) is 87.1 Å². The topological polar surface area (TPSA) is 303 Å². The fraction of sp³-hybridized carbons (Fsp3) is 0.268. The molecule has 15 aromatic rings. The molecule has 15 N–H and O–H groups in total. The number of phenols is 15. The van der Waals surface area contributed by atoms with Crippen LogP contribution in [0.5, 0.6) is 86.2 Å². The van der Waals surface area contributed by atoms with Crippen molar-refractivity contribution in [3.63, 3.8) is 0 Å². The average Bonchev–Trinajstić information content (AvgIpc) is 0.778. The number of benzene rings is 15. The molecule has 0 amide bonds. The molecule has 15 aromatic carbocycles. The lowest BCUT2D eigenvalue weighted by atomic mass is 9.79. The van der Waals surface area contributed by atoms with E-state index in [1.807, 2.05) is 339 Å². The fourth-order valence-corrected chi connectivity index (χ4v) is 19.5. The Labute approximate surface area is 814 Å². The summed E-state index contributed by atoms with van der Waals surface area (Å²) in [6.07, 6.45) is 0. The summed E-state index contributed by atoms with van der Waals surface area (Å²) in [5, 5.41) is 155. The van der Waals surface area contributed by atoms with Crippen LogP contribution in [0.25, 0.3) is 0 Å². The molecule has 718 valence electrons. The summed E-state index contributed by atoms with van der Waals surface area (Å²) >= 11 is 0. The maximum absolute atomic E-state index is 10.9. The summed E-state index contributed by atoms with van der Waals surface area (Å²) in [4.78, 5) is 0. The lowest BCUT2D eigenvalue weighted by molar-refractivity contribution is 0.461. The van der Waals surface area contributed by atoms with E-state index in [1.54, 1.807) is 48.5 Å². The molecule has 0 atom stereocenters. The van der Waals surface area contributed by atoms with Crippen LogP contribution in [-0.4, -0.2) is 76.6 Å². The van der Waals surface area contributed by atoms with Crippen LogP contribution in [0, 0.1) is 194 Å². The molecule has 0 bridgehead atoms. The molecule has 0 saturated heterocycles. The third-order valence-corrected chi connectivity index (χ3v) is 27.2. The largest absolute Gasteiger partial charge is 0.508 e. The molecule has 15 nitrogen and oxygen atoms in total. The number of aromatic hydroxyl groups is 15. The van der Waals surface area contributed by atoms with Crippen molar-refractivity contribution in [2.45, 2.75) is 223 Å². The molecule has 0 heterocycles. The van der Waals surface area contributed by atoms with Crippen molar-refractivity contribution in [3.8, 4) is 86.2 Å². The molecule has 138 heavy (non-hydrogen) atoms. The second-order valence-electron chi connectivity index (χ2n) is 38.8. The normalized spacial score (nSPS) is 11.2. The minimum absolute atomic E-state index is 0.0726. The molecule has 0 spiro atoms. The summed E-state index contributed by atoms with van der Waals surface area (Å²) in [7, 11) is 0. The molecule has 0 aliphatic heterocycles. The van der Waals surface area contributed by atoms with Gasteiger partial charge in [-0.25, -0.2) is 0 Å². The van der Waals surface area contributed by atoms with Crippen LogP contribution in [0.15, 0.2) is 194 Å². The predicted molar refractivity (Wildman–Crippen MR) is 559 cm³/mol. The zero-order chi connectivity index (χ0) is 102. The van der Waals surface area contributed by atoms with Crippen molar-refractivity contribution in [2.75, 3.05) is 0 Å². The molecule has 0 aliphatic rings. The van der Waals surface area contributed by atoms with E-state index in [0.717, 1.165) is 239 Å². The van der Waals surface area contributed by atoms with Crippen LogP contribution in [0.2, 0.25) is 0 Å². The lowest BCUT2D eigenvalue weighted by Crippen LogP contribution is -2.09. The van der Waals surface area contributed by atoms with Gasteiger partial charge in [-0.2, -0.15) is 0 Å². The minimum atomic E-state index is -0.213. The Morgan fingerprint density at radius 2 is 0.283 bits per heavy atom. The lowest BCUT2D eigenvalue weighted by Gasteiger charge is -2.26. The van der Waals surface area contributed by atoms with Crippen molar-refractivity contribution in [1.82, 2.24) is 0 Å². The first kappa shape index (κ1) is 104. The number of rotatable bonds is 15. The van der Waals surface area contributed by atoms with Gasteiger partial charge in [0.2, 0.25) is 0 Å². The highest BCUT2D eigenvalue weighted by atomic mass is 16.3. The standard InChI is InChI=1S/3C25H28O3.2C24H26O3/c1-13-11-22(26)15(3)9-20(13)24(19-7-17(5)25(28)18(6)8-19)21-10-16(4)23(27)12-14(21)2;1-13-7-18(6)25(28)21(8-13)24(19-9-16(4)22(26)11-14(19)2)20-10-17(5)23(27)12-15(20)3;1-13-7-14(2)25(28)21(8-13)22(19-9-15(3)23(26)16(4)10-19)20-11-17(5)24(27)18(6)12-20;1-13-6-7-21(25)20(8-13)24(18-9-16(4)22(26)11-14(18)2)19-10-17(5)23(27)12-15(19)3;1-13-6-7-21(25)20(8-13)22(18-9-14(2)23(26)15(3)10-18)19-11-16(4)24(27)17(5)12-19/h2*7-12,24,26-28H,1-6H3;7-12,22,26-28H,1-6H3;6-12,24-27H,1-5H3;6-12,22,25-27H,1-5H3. The van der Waals surface area contributed by atoms with Gasteiger partial charge in [-0.15, -0.1) is 0 Å². The summed E-state index contributed by atoms with van der Waals surface area (Å²) in [5.41, 5.74) is 39.3. The highest BCUT2D eigenvalue weighted by Crippen LogP contribution is 2.50. The molecule has 0 aliphatic carbocycles. The van der Waals surface area contributed by atoms with Gasteiger partial charge in [-0.05, 0) is 437 Å². The first-order valence-electron chi connectivity index (χ1n) is 46.7. The van der Waals surface area contributed by atoms with Gasteiger partial charge in [0, 0.05) is 51.8 Å². The summed E-state index contributed by atoms with van der Waals surface area (Å²) in [6.45, 7) is 54.0. The molecule has 0 saturated carbocycles. The van der Waals surface area contributed by atoms with Gasteiger partial charge in [0.1, 0.15) is 86.2 Å². The Balaban J connectivity index is 0.000000165. The van der Waals surface area contributed by atoms with Crippen LogP contribution in [0.3, 0.4) is 0 Å². The fourth-order valence-electron chi connectivity index (χ4n) is 19.5. The monoisotopic (exact) mass is 1850 g/mol. The van der Waals surface area contributed by atoms with E-state index in [9.17, 15) is 76.6 Å². The Morgan fingerprint density at radius 1 is 0.116 bits per heavy atom. The van der Waals surface area contributed by atoms with Crippen LogP contribution in [0.1, 0.15) is 269 Å². The number of phenolic OH excluding ortho intramolecular Hbond substituents is 15. The van der Waals surface area contributed by atoms with Crippen molar-refractivity contribution in [2.24, 2.45) is 0 Å². The van der Waals surface area contributed by atoms with Crippen LogP contribution in [0.4, 0.5) is 0 Å². The van der Waals surface area contributed by atoms with E-state index in [4.69, 9.17) is 0 Å². The molecule has 15 rings (SSSR count). The zero-order valence-electron chi connectivity index (χ0n) is 85.1. The number of aryl methyl sites for hydroxylation is 28. The first-order valence-corrected chi connectivity index (χ1v) is 46.7. The molecule has 0 radical (unpaired) electrons. The van der Waals surface area contributed by atoms with Crippen LogP contribution in [-0.2, 0) is 0 Å². The van der Waals surface area contributed by atoms with E-state index in [2.05, 4.69) is 0 Å². The minimum Gasteiger partial charge on any atom is -0.508 e. The van der Waals surface area contributed by atoms with Crippen LogP contribution < -0.4 is 0 Å². The summed E-state index contributed by atoms with van der Waals surface area (Å²) in [5.74, 6) is 3.27. The number of hydrogen-bond acceptors (Lipinski definition) is 15. The highest BCUT2D eigenvalue weighted by Gasteiger charge is 2.32. The maximum Gasteiger partial charge on any atom is 0.122 e. The molecule has 0 unspecified atom stereocenters. The van der Waals surface area contributed by atoms with Gasteiger partial charge in [0.25, 0.3) is 0 Å². The van der Waals surface area contributed by atoms with E-state index in [1.165, 1.54) is 0 Å². The van der Waals surface area contributed by atoms with Gasteiger partial charge in [-0.1, -0.05) is 168 Å². The SMILES string of the molecule is Cc1cc(C(c2cc(C)c(O)c(C)c2)c2cc(C)c(O)cc2C)c(C)cc1O.Cc1cc(C)c(O)c(C(c2cc(C)c(O)c(C)c2)c2cc(C)c(O)c(C)c2)c1.Cc1cc(C)c(O)c(C(c2cc(C)c(O)cc2C)c2cc(C)c(O)cc2C)c1.Cc1ccc(O)c(C(c2cc(C)c(O)c(C)c2)c2cc(C)c(O)c(C)c2)c1.Cc1ccc(O)c(C(c2cc(C)c(O)cc2C)c2cc(C)c(O)cc2C)c1. The summed E-state index contributed by atoms with van der Waals surface area (Å²) in [6, 6.07) is 61.7. The average molecular weight is 1850 g/mol. The van der Waals surface area contributed by atoms with Crippen molar-refractivity contribution < 1.29 is 76.6 Å². The van der Waals surface area contributed by atoms with Gasteiger partial charge in [-0.3, -0.25) is 0 Å². The van der Waals surface area contributed by atoms with Crippen molar-refractivity contribution >= 4 is 0 Å². The molecular weight excluding hydrogens is 1720 g/mol.